The average Bonchev–Trinajstić information content (AvgIpc) is 2.74. The standard InChI is InChI=1S/C24H26F4O2/c1-3-5-13-6-10-17(30-12-13)16-8-7-14-15-9-11-18(29-4-2)22(26)20(15)24(28)23(27)19(14)21(16)25/h7-9,11,13,17,23-24H,3-6,10,12H2,1-2H3. The number of ether oxygens (including phenoxy) is 2. The summed E-state index contributed by atoms with van der Waals surface area (Å²) in [4.78, 5) is 0. The highest BCUT2D eigenvalue weighted by Gasteiger charge is 2.40. The zero-order valence-corrected chi connectivity index (χ0v) is 17.2. The molecule has 162 valence electrons. The van der Waals surface area contributed by atoms with Crippen LogP contribution < -0.4 is 4.74 Å². The second-order valence-electron chi connectivity index (χ2n) is 8.06. The van der Waals surface area contributed by atoms with E-state index in [0.29, 0.717) is 18.9 Å². The van der Waals surface area contributed by atoms with Gasteiger partial charge in [-0.3, -0.25) is 0 Å². The number of alkyl halides is 2. The summed E-state index contributed by atoms with van der Waals surface area (Å²) in [6, 6.07) is 5.94. The van der Waals surface area contributed by atoms with Crippen molar-refractivity contribution >= 4 is 0 Å². The zero-order valence-electron chi connectivity index (χ0n) is 17.2. The lowest BCUT2D eigenvalue weighted by molar-refractivity contribution is -0.0213. The average molecular weight is 422 g/mol. The fourth-order valence-corrected chi connectivity index (χ4v) is 4.69. The number of hydrogen-bond donors (Lipinski definition) is 0. The highest BCUT2D eigenvalue weighted by molar-refractivity contribution is 5.76. The Kier molecular flexibility index (Phi) is 6.05. The second kappa shape index (κ2) is 8.58. The molecule has 1 heterocycles. The molecule has 2 aromatic rings. The van der Waals surface area contributed by atoms with E-state index in [-0.39, 0.29) is 34.6 Å². The van der Waals surface area contributed by atoms with Crippen LogP contribution in [0, 0.1) is 17.6 Å². The van der Waals surface area contributed by atoms with Crippen LogP contribution in [0.2, 0.25) is 0 Å². The van der Waals surface area contributed by atoms with Crippen LogP contribution in [0.15, 0.2) is 24.3 Å². The Labute approximate surface area is 174 Å². The van der Waals surface area contributed by atoms with Crippen LogP contribution in [-0.4, -0.2) is 13.2 Å². The minimum Gasteiger partial charge on any atom is -0.491 e. The smallest absolute Gasteiger partial charge is 0.171 e. The van der Waals surface area contributed by atoms with Crippen LogP contribution in [-0.2, 0) is 4.74 Å². The Hall–Kier alpha value is -2.08. The maximum atomic E-state index is 15.4. The van der Waals surface area contributed by atoms with Gasteiger partial charge in [0, 0.05) is 16.7 Å². The van der Waals surface area contributed by atoms with Gasteiger partial charge in [0.1, 0.15) is 5.82 Å². The summed E-state index contributed by atoms with van der Waals surface area (Å²) in [6.45, 7) is 4.52. The summed E-state index contributed by atoms with van der Waals surface area (Å²) in [7, 11) is 0. The monoisotopic (exact) mass is 422 g/mol. The molecule has 0 radical (unpaired) electrons. The van der Waals surface area contributed by atoms with Crippen molar-refractivity contribution in [2.75, 3.05) is 13.2 Å². The van der Waals surface area contributed by atoms with Crippen molar-refractivity contribution in [2.24, 2.45) is 5.92 Å². The fraction of sp³-hybridized carbons (Fsp3) is 0.500. The Morgan fingerprint density at radius 1 is 0.933 bits per heavy atom. The van der Waals surface area contributed by atoms with Crippen molar-refractivity contribution in [1.29, 1.82) is 0 Å². The molecule has 2 nitrogen and oxygen atoms in total. The maximum absolute atomic E-state index is 15.4. The van der Waals surface area contributed by atoms with Crippen molar-refractivity contribution in [3.05, 3.63) is 52.6 Å². The third-order valence-electron chi connectivity index (χ3n) is 6.17. The predicted molar refractivity (Wildman–Crippen MR) is 107 cm³/mol. The highest BCUT2D eigenvalue weighted by atomic mass is 19.2. The third-order valence-corrected chi connectivity index (χ3v) is 6.17. The van der Waals surface area contributed by atoms with Crippen LogP contribution in [0.1, 0.15) is 74.7 Å². The molecule has 4 unspecified atom stereocenters. The lowest BCUT2D eigenvalue weighted by atomic mass is 9.80. The molecule has 1 aliphatic heterocycles. The topological polar surface area (TPSA) is 18.5 Å². The van der Waals surface area contributed by atoms with E-state index in [0.717, 1.165) is 19.3 Å². The van der Waals surface area contributed by atoms with Crippen LogP contribution in [0.25, 0.3) is 11.1 Å². The minimum atomic E-state index is -2.31. The fourth-order valence-electron chi connectivity index (χ4n) is 4.69. The van der Waals surface area contributed by atoms with E-state index < -0.39 is 35.6 Å². The summed E-state index contributed by atoms with van der Waals surface area (Å²) in [5.41, 5.74) is -0.187. The Morgan fingerprint density at radius 3 is 2.20 bits per heavy atom. The molecule has 1 saturated heterocycles. The Morgan fingerprint density at radius 2 is 1.60 bits per heavy atom. The minimum absolute atomic E-state index is 0.135. The van der Waals surface area contributed by atoms with Gasteiger partial charge in [0.25, 0.3) is 0 Å². The van der Waals surface area contributed by atoms with E-state index >= 15 is 8.78 Å². The largest absolute Gasteiger partial charge is 0.491 e. The van der Waals surface area contributed by atoms with Crippen LogP contribution >= 0.6 is 0 Å². The number of rotatable bonds is 5. The van der Waals surface area contributed by atoms with Crippen molar-refractivity contribution in [1.82, 2.24) is 0 Å². The molecule has 6 heteroatoms. The summed E-state index contributed by atoms with van der Waals surface area (Å²) in [6.07, 6.45) is -1.41. The first kappa shape index (κ1) is 21.2. The molecule has 0 aromatic heterocycles. The van der Waals surface area contributed by atoms with Gasteiger partial charge in [-0.1, -0.05) is 31.5 Å². The summed E-state index contributed by atoms with van der Waals surface area (Å²) < 4.78 is 71.2. The van der Waals surface area contributed by atoms with Gasteiger partial charge < -0.3 is 9.47 Å². The normalized spacial score (nSPS) is 25.5. The highest BCUT2D eigenvalue weighted by Crippen LogP contribution is 2.52. The third kappa shape index (κ3) is 3.49. The van der Waals surface area contributed by atoms with Crippen LogP contribution in [0.3, 0.4) is 0 Å². The van der Waals surface area contributed by atoms with E-state index in [1.54, 1.807) is 19.1 Å². The first-order valence-corrected chi connectivity index (χ1v) is 10.6. The molecule has 1 aliphatic carbocycles. The molecule has 2 aromatic carbocycles. The van der Waals surface area contributed by atoms with Gasteiger partial charge in [0.05, 0.1) is 19.3 Å². The lowest BCUT2D eigenvalue weighted by Crippen LogP contribution is -2.23. The van der Waals surface area contributed by atoms with Gasteiger partial charge in [-0.2, -0.15) is 0 Å². The quantitative estimate of drug-likeness (QED) is 0.470. The number of benzene rings is 2. The SMILES string of the molecule is CCCC1CCC(c2ccc3c(c2F)C(F)C(F)c2c-3ccc(OCC)c2F)OC1. The molecule has 1 fully saturated rings. The number of halogens is 4. The first-order chi connectivity index (χ1) is 14.5. The van der Waals surface area contributed by atoms with Gasteiger partial charge in [0.2, 0.25) is 0 Å². The molecule has 30 heavy (non-hydrogen) atoms. The van der Waals surface area contributed by atoms with Crippen LogP contribution in [0.5, 0.6) is 5.75 Å². The van der Waals surface area contributed by atoms with E-state index in [4.69, 9.17) is 9.47 Å². The molecular weight excluding hydrogens is 396 g/mol. The van der Waals surface area contributed by atoms with E-state index in [2.05, 4.69) is 6.92 Å². The molecule has 0 saturated carbocycles. The zero-order chi connectivity index (χ0) is 21.4. The predicted octanol–water partition coefficient (Wildman–Crippen LogP) is 7.33. The second-order valence-corrected chi connectivity index (χ2v) is 8.06. The van der Waals surface area contributed by atoms with Gasteiger partial charge >= 0.3 is 0 Å². The maximum Gasteiger partial charge on any atom is 0.171 e. The molecule has 0 N–H and O–H groups in total. The molecule has 2 aliphatic rings. The molecule has 0 spiro atoms. The van der Waals surface area contributed by atoms with Crippen molar-refractivity contribution in [2.45, 2.75) is 58.0 Å². The summed E-state index contributed by atoms with van der Waals surface area (Å²) in [5, 5.41) is 0. The molecule has 4 rings (SSSR count). The van der Waals surface area contributed by atoms with Crippen molar-refractivity contribution in [3.8, 4) is 16.9 Å². The van der Waals surface area contributed by atoms with Gasteiger partial charge in [-0.25, -0.2) is 17.6 Å². The molecule has 0 bridgehead atoms. The summed E-state index contributed by atoms with van der Waals surface area (Å²) >= 11 is 0. The first-order valence-electron chi connectivity index (χ1n) is 10.6. The van der Waals surface area contributed by atoms with E-state index in [9.17, 15) is 8.78 Å². The van der Waals surface area contributed by atoms with Gasteiger partial charge in [0.15, 0.2) is 23.9 Å². The van der Waals surface area contributed by atoms with Gasteiger partial charge in [-0.05, 0) is 49.3 Å². The van der Waals surface area contributed by atoms with E-state index in [1.807, 2.05) is 0 Å². The Bertz CT molecular complexity index is 922. The molecule has 0 amide bonds. The van der Waals surface area contributed by atoms with E-state index in [1.165, 1.54) is 12.1 Å². The number of hydrogen-bond acceptors (Lipinski definition) is 2. The Balaban J connectivity index is 1.73. The van der Waals surface area contributed by atoms with Crippen LogP contribution in [0.4, 0.5) is 17.6 Å². The summed E-state index contributed by atoms with van der Waals surface area (Å²) in [5.74, 6) is -1.41. The van der Waals surface area contributed by atoms with Gasteiger partial charge in [-0.15, -0.1) is 0 Å². The number of fused-ring (bicyclic) bond motifs is 3. The lowest BCUT2D eigenvalue weighted by Gasteiger charge is -2.32. The molecular formula is C24H26F4O2. The van der Waals surface area contributed by atoms with Crippen molar-refractivity contribution in [3.63, 3.8) is 0 Å². The molecule has 4 atom stereocenters. The van der Waals surface area contributed by atoms with Crippen molar-refractivity contribution < 1.29 is 27.0 Å².